The van der Waals surface area contributed by atoms with Gasteiger partial charge in [-0.3, -0.25) is 4.72 Å². The van der Waals surface area contributed by atoms with Gasteiger partial charge in [0, 0.05) is 25.9 Å². The van der Waals surface area contributed by atoms with E-state index in [1.54, 1.807) is 18.2 Å². The van der Waals surface area contributed by atoms with Crippen LogP contribution in [-0.4, -0.2) is 28.6 Å². The van der Waals surface area contributed by atoms with Crippen molar-refractivity contribution in [3.63, 3.8) is 0 Å². The van der Waals surface area contributed by atoms with Gasteiger partial charge in [0.05, 0.1) is 17.2 Å². The summed E-state index contributed by atoms with van der Waals surface area (Å²) in [6, 6.07) is 12.5. The molecular weight excluding hydrogens is 324 g/mol. The van der Waals surface area contributed by atoms with E-state index in [0.29, 0.717) is 18.9 Å². The number of hydrogen-bond acceptors (Lipinski definition) is 4. The van der Waals surface area contributed by atoms with Crippen LogP contribution in [0.3, 0.4) is 0 Å². The Labute approximate surface area is 143 Å². The number of likely N-dealkylation sites (N-methyl/N-ethyl adjacent to an activating group) is 1. The minimum Gasteiger partial charge on any atom is -0.377 e. The lowest BCUT2D eigenvalue weighted by Gasteiger charge is -2.14. The Bertz CT molecular complexity index is 834. The molecule has 0 spiro atoms. The topological polar surface area (TPSA) is 58.6 Å². The number of nitrogens with one attached hydrogen (secondary N) is 1. The van der Waals surface area contributed by atoms with Gasteiger partial charge in [0.2, 0.25) is 0 Å². The average molecular weight is 346 g/mol. The van der Waals surface area contributed by atoms with E-state index in [-0.39, 0.29) is 4.90 Å². The molecule has 0 aliphatic carbocycles. The minimum atomic E-state index is -3.62. The van der Waals surface area contributed by atoms with Gasteiger partial charge in [-0.25, -0.2) is 8.42 Å². The standard InChI is InChI=1S/C18H22N2O3S/c1-3-23-13-14-5-4-6-17(11-14)24(21,22)19-16-8-7-15-9-10-20(2)18(15)12-16/h4-8,11-12,19H,3,9-10,13H2,1-2H3. The molecule has 5 nitrogen and oxygen atoms in total. The molecule has 1 N–H and O–H groups in total. The fraction of sp³-hybridized carbons (Fsp3) is 0.333. The van der Waals surface area contributed by atoms with Crippen molar-refractivity contribution in [2.24, 2.45) is 0 Å². The molecule has 6 heteroatoms. The van der Waals surface area contributed by atoms with Crippen LogP contribution < -0.4 is 9.62 Å². The largest absolute Gasteiger partial charge is 0.377 e. The molecule has 0 aromatic heterocycles. The van der Waals surface area contributed by atoms with Gasteiger partial charge in [-0.05, 0) is 48.7 Å². The van der Waals surface area contributed by atoms with Gasteiger partial charge in [0.1, 0.15) is 0 Å². The first-order valence-corrected chi connectivity index (χ1v) is 9.51. The summed E-state index contributed by atoms with van der Waals surface area (Å²) < 4.78 is 33.3. The predicted molar refractivity (Wildman–Crippen MR) is 96.0 cm³/mol. The second kappa shape index (κ2) is 6.83. The Morgan fingerprint density at radius 2 is 2.04 bits per heavy atom. The summed E-state index contributed by atoms with van der Waals surface area (Å²) in [6.07, 6.45) is 0.998. The highest BCUT2D eigenvalue weighted by atomic mass is 32.2. The lowest BCUT2D eigenvalue weighted by atomic mass is 10.1. The van der Waals surface area contributed by atoms with Gasteiger partial charge in [-0.2, -0.15) is 0 Å². The van der Waals surface area contributed by atoms with E-state index in [4.69, 9.17) is 4.74 Å². The Morgan fingerprint density at radius 3 is 2.83 bits per heavy atom. The average Bonchev–Trinajstić information content (AvgIpc) is 2.94. The molecule has 0 unspecified atom stereocenters. The van der Waals surface area contributed by atoms with Crippen LogP contribution in [0.15, 0.2) is 47.4 Å². The van der Waals surface area contributed by atoms with E-state index in [9.17, 15) is 8.42 Å². The quantitative estimate of drug-likeness (QED) is 0.873. The number of fused-ring (bicyclic) bond motifs is 1. The molecule has 0 amide bonds. The van der Waals surface area contributed by atoms with E-state index >= 15 is 0 Å². The zero-order chi connectivity index (χ0) is 17.2. The van der Waals surface area contributed by atoms with Crippen LogP contribution in [-0.2, 0) is 27.8 Å². The highest BCUT2D eigenvalue weighted by Crippen LogP contribution is 2.30. The Kier molecular flexibility index (Phi) is 4.78. The van der Waals surface area contributed by atoms with E-state index < -0.39 is 10.0 Å². The highest BCUT2D eigenvalue weighted by Gasteiger charge is 2.19. The van der Waals surface area contributed by atoms with Crippen molar-refractivity contribution in [3.8, 4) is 0 Å². The Hall–Kier alpha value is -2.05. The van der Waals surface area contributed by atoms with Crippen molar-refractivity contribution < 1.29 is 13.2 Å². The number of rotatable bonds is 6. The number of ether oxygens (including phenoxy) is 1. The van der Waals surface area contributed by atoms with Crippen LogP contribution in [0.2, 0.25) is 0 Å². The van der Waals surface area contributed by atoms with E-state index in [2.05, 4.69) is 9.62 Å². The summed E-state index contributed by atoms with van der Waals surface area (Å²) in [6.45, 7) is 3.87. The van der Waals surface area contributed by atoms with Crippen molar-refractivity contribution in [1.82, 2.24) is 0 Å². The lowest BCUT2D eigenvalue weighted by molar-refractivity contribution is 0.134. The minimum absolute atomic E-state index is 0.244. The SMILES string of the molecule is CCOCc1cccc(S(=O)(=O)Nc2ccc3c(c2)N(C)CC3)c1. The molecule has 128 valence electrons. The molecule has 0 radical (unpaired) electrons. The predicted octanol–water partition coefficient (Wildman–Crippen LogP) is 3.02. The van der Waals surface area contributed by atoms with E-state index in [0.717, 1.165) is 24.2 Å². The maximum atomic E-state index is 12.6. The number of anilines is 2. The number of nitrogens with zero attached hydrogens (tertiary/aromatic N) is 1. The molecule has 1 aliphatic heterocycles. The molecule has 2 aromatic rings. The maximum Gasteiger partial charge on any atom is 0.261 e. The van der Waals surface area contributed by atoms with Crippen LogP contribution in [0.25, 0.3) is 0 Å². The van der Waals surface area contributed by atoms with Crippen LogP contribution in [0.4, 0.5) is 11.4 Å². The van der Waals surface area contributed by atoms with Crippen molar-refractivity contribution >= 4 is 21.4 Å². The van der Waals surface area contributed by atoms with Crippen LogP contribution in [0.1, 0.15) is 18.1 Å². The Balaban J connectivity index is 1.83. The molecule has 24 heavy (non-hydrogen) atoms. The van der Waals surface area contributed by atoms with Gasteiger partial charge in [0.15, 0.2) is 0 Å². The van der Waals surface area contributed by atoms with Crippen LogP contribution in [0, 0.1) is 0 Å². The van der Waals surface area contributed by atoms with E-state index in [1.807, 2.05) is 38.2 Å². The molecule has 2 aromatic carbocycles. The maximum absolute atomic E-state index is 12.6. The molecule has 3 rings (SSSR count). The monoisotopic (exact) mass is 346 g/mol. The lowest BCUT2D eigenvalue weighted by Crippen LogP contribution is -2.15. The second-order valence-corrected chi connectivity index (χ2v) is 7.59. The summed E-state index contributed by atoms with van der Waals surface area (Å²) >= 11 is 0. The smallest absolute Gasteiger partial charge is 0.261 e. The zero-order valence-electron chi connectivity index (χ0n) is 14.0. The van der Waals surface area contributed by atoms with Crippen LogP contribution >= 0.6 is 0 Å². The van der Waals surface area contributed by atoms with Gasteiger partial charge < -0.3 is 9.64 Å². The first-order chi connectivity index (χ1) is 11.5. The van der Waals surface area contributed by atoms with Crippen molar-refractivity contribution in [1.29, 1.82) is 0 Å². The third-order valence-corrected chi connectivity index (χ3v) is 5.53. The van der Waals surface area contributed by atoms with Gasteiger partial charge in [-0.15, -0.1) is 0 Å². The number of sulfonamides is 1. The number of benzene rings is 2. The highest BCUT2D eigenvalue weighted by molar-refractivity contribution is 7.92. The van der Waals surface area contributed by atoms with Crippen molar-refractivity contribution in [2.45, 2.75) is 24.8 Å². The van der Waals surface area contributed by atoms with Crippen molar-refractivity contribution in [3.05, 3.63) is 53.6 Å². The first kappa shape index (κ1) is 16.8. The van der Waals surface area contributed by atoms with Gasteiger partial charge in [-0.1, -0.05) is 18.2 Å². The third-order valence-electron chi connectivity index (χ3n) is 4.15. The molecule has 0 atom stereocenters. The molecule has 1 aliphatic rings. The molecule has 0 saturated carbocycles. The molecule has 0 saturated heterocycles. The molecule has 1 heterocycles. The Morgan fingerprint density at radius 1 is 1.21 bits per heavy atom. The van der Waals surface area contributed by atoms with Crippen molar-refractivity contribution in [2.75, 3.05) is 29.8 Å². The summed E-state index contributed by atoms with van der Waals surface area (Å²) in [5, 5.41) is 0. The van der Waals surface area contributed by atoms with Gasteiger partial charge >= 0.3 is 0 Å². The number of hydrogen-bond donors (Lipinski definition) is 1. The summed E-state index contributed by atoms with van der Waals surface area (Å²) in [4.78, 5) is 2.38. The summed E-state index contributed by atoms with van der Waals surface area (Å²) in [5.41, 5.74) is 3.76. The molecule has 0 fully saturated rings. The normalized spacial score (nSPS) is 13.8. The fourth-order valence-corrected chi connectivity index (χ4v) is 3.96. The summed E-state index contributed by atoms with van der Waals surface area (Å²) in [7, 11) is -1.60. The third kappa shape index (κ3) is 3.55. The van der Waals surface area contributed by atoms with Crippen LogP contribution in [0.5, 0.6) is 0 Å². The van der Waals surface area contributed by atoms with Gasteiger partial charge in [0.25, 0.3) is 10.0 Å². The summed E-state index contributed by atoms with van der Waals surface area (Å²) in [5.74, 6) is 0. The second-order valence-electron chi connectivity index (χ2n) is 5.91. The first-order valence-electron chi connectivity index (χ1n) is 8.03. The fourth-order valence-electron chi connectivity index (χ4n) is 2.84. The van der Waals surface area contributed by atoms with E-state index in [1.165, 1.54) is 5.56 Å². The zero-order valence-corrected chi connectivity index (χ0v) is 14.8. The molecular formula is C18H22N2O3S. The molecule has 0 bridgehead atoms.